The first-order valence-corrected chi connectivity index (χ1v) is 10.1. The lowest BCUT2D eigenvalue weighted by molar-refractivity contribution is 0.0699. The molecule has 2 aromatic heterocycles. The third kappa shape index (κ3) is 3.71. The number of carbonyl (C=O) groups is 2. The number of nitrogens with one attached hydrogen (secondary N) is 1. The Bertz CT molecular complexity index is 1290. The van der Waals surface area contributed by atoms with Gasteiger partial charge in [0.25, 0.3) is 5.91 Å². The fourth-order valence-corrected chi connectivity index (χ4v) is 4.71. The van der Waals surface area contributed by atoms with E-state index in [-0.39, 0.29) is 31.7 Å². The molecule has 1 amide bonds. The van der Waals surface area contributed by atoms with Gasteiger partial charge in [-0.3, -0.25) is 4.79 Å². The average molecular weight is 451 g/mol. The summed E-state index contributed by atoms with van der Waals surface area (Å²) in [6, 6.07) is 7.85. The molecule has 2 aromatic carbocycles. The highest BCUT2D eigenvalue weighted by molar-refractivity contribution is 7.20. The summed E-state index contributed by atoms with van der Waals surface area (Å²) < 4.78 is 28.1. The zero-order valence-electron chi connectivity index (χ0n) is 14.2. The fraction of sp³-hybridized carbons (Fsp3) is 0. The van der Waals surface area contributed by atoms with Gasteiger partial charge in [0.15, 0.2) is 5.01 Å². The minimum atomic E-state index is -1.32. The van der Waals surface area contributed by atoms with Crippen LogP contribution in [0.4, 0.5) is 13.8 Å². The van der Waals surface area contributed by atoms with Crippen LogP contribution in [-0.2, 0) is 0 Å². The standard InChI is InChI=1S/C19H9ClF2N2O3S2/c20-8-1-3-10(12(22)5-8)11-7-28-17(15(11)19(26)27)24-16(25)18-23-13-4-2-9(21)6-14(13)29-18/h1-7H,(H,24,25)(H,26,27). The quantitative estimate of drug-likeness (QED) is 0.405. The molecule has 5 nitrogen and oxygen atoms in total. The molecule has 0 atom stereocenters. The van der Waals surface area contributed by atoms with Gasteiger partial charge in [0.05, 0.1) is 10.2 Å². The van der Waals surface area contributed by atoms with Crippen LogP contribution in [0.2, 0.25) is 5.02 Å². The van der Waals surface area contributed by atoms with Gasteiger partial charge in [-0.25, -0.2) is 18.6 Å². The van der Waals surface area contributed by atoms with Gasteiger partial charge in [0, 0.05) is 21.5 Å². The number of anilines is 1. The van der Waals surface area contributed by atoms with Crippen molar-refractivity contribution >= 4 is 61.4 Å². The summed E-state index contributed by atoms with van der Waals surface area (Å²) in [5.74, 6) is -3.09. The van der Waals surface area contributed by atoms with Crippen LogP contribution in [0.25, 0.3) is 21.3 Å². The number of thiophene rings is 1. The molecule has 2 N–H and O–H groups in total. The van der Waals surface area contributed by atoms with Crippen LogP contribution in [0.5, 0.6) is 0 Å². The predicted octanol–water partition coefficient (Wildman–Crippen LogP) is 5.91. The van der Waals surface area contributed by atoms with Crippen LogP contribution in [0.15, 0.2) is 41.8 Å². The third-order valence-electron chi connectivity index (χ3n) is 4.00. The Morgan fingerprint density at radius 3 is 2.62 bits per heavy atom. The van der Waals surface area contributed by atoms with Gasteiger partial charge < -0.3 is 10.4 Å². The number of hydrogen-bond donors (Lipinski definition) is 2. The van der Waals surface area contributed by atoms with Crippen LogP contribution in [0, 0.1) is 11.6 Å². The Morgan fingerprint density at radius 2 is 1.90 bits per heavy atom. The molecule has 0 spiro atoms. The van der Waals surface area contributed by atoms with Gasteiger partial charge in [-0.15, -0.1) is 22.7 Å². The maximum Gasteiger partial charge on any atom is 0.339 e. The van der Waals surface area contributed by atoms with Gasteiger partial charge in [0.2, 0.25) is 0 Å². The Morgan fingerprint density at radius 1 is 1.10 bits per heavy atom. The van der Waals surface area contributed by atoms with Crippen molar-refractivity contribution < 1.29 is 23.5 Å². The number of carboxylic acid groups (broad SMARTS) is 1. The van der Waals surface area contributed by atoms with Crippen LogP contribution < -0.4 is 5.32 Å². The number of halogens is 3. The first-order valence-electron chi connectivity index (χ1n) is 8.01. The van der Waals surface area contributed by atoms with E-state index in [4.69, 9.17) is 11.6 Å². The van der Waals surface area contributed by atoms with Gasteiger partial charge in [-0.1, -0.05) is 11.6 Å². The number of thiazole rings is 1. The van der Waals surface area contributed by atoms with Crippen LogP contribution in [0.1, 0.15) is 20.2 Å². The van der Waals surface area contributed by atoms with Crippen molar-refractivity contribution in [1.82, 2.24) is 4.98 Å². The Kier molecular flexibility index (Phi) is 5.03. The van der Waals surface area contributed by atoms with Gasteiger partial charge >= 0.3 is 5.97 Å². The smallest absolute Gasteiger partial charge is 0.339 e. The first-order chi connectivity index (χ1) is 13.8. The number of hydrogen-bond acceptors (Lipinski definition) is 5. The van der Waals surface area contributed by atoms with Crippen molar-refractivity contribution in [3.8, 4) is 11.1 Å². The molecule has 0 aliphatic rings. The molecule has 29 heavy (non-hydrogen) atoms. The minimum Gasteiger partial charge on any atom is -0.478 e. The summed E-state index contributed by atoms with van der Waals surface area (Å²) in [5.41, 5.74) is 0.393. The van der Waals surface area contributed by atoms with E-state index >= 15 is 0 Å². The lowest BCUT2D eigenvalue weighted by Gasteiger charge is -2.06. The Balaban J connectivity index is 1.70. The number of aromatic carboxylic acids is 1. The molecular formula is C19H9ClF2N2O3S2. The highest BCUT2D eigenvalue weighted by Crippen LogP contribution is 2.38. The summed E-state index contributed by atoms with van der Waals surface area (Å²) >= 11 is 7.68. The molecule has 0 unspecified atom stereocenters. The number of carbonyl (C=O) groups excluding carboxylic acids is 1. The van der Waals surface area contributed by atoms with E-state index in [9.17, 15) is 23.5 Å². The maximum atomic E-state index is 14.3. The van der Waals surface area contributed by atoms with Crippen LogP contribution in [0.3, 0.4) is 0 Å². The van der Waals surface area contributed by atoms with E-state index in [2.05, 4.69) is 10.3 Å². The molecule has 4 aromatic rings. The molecule has 2 heterocycles. The highest BCUT2D eigenvalue weighted by Gasteiger charge is 2.24. The zero-order chi connectivity index (χ0) is 20.7. The number of aromatic nitrogens is 1. The second kappa shape index (κ2) is 7.51. The van der Waals surface area contributed by atoms with E-state index < -0.39 is 23.5 Å². The Hall–Kier alpha value is -2.88. The van der Waals surface area contributed by atoms with Crippen molar-refractivity contribution in [2.24, 2.45) is 0 Å². The van der Waals surface area contributed by atoms with Crippen molar-refractivity contribution in [2.45, 2.75) is 0 Å². The highest BCUT2D eigenvalue weighted by atomic mass is 35.5. The number of nitrogens with zero attached hydrogens (tertiary/aromatic N) is 1. The zero-order valence-corrected chi connectivity index (χ0v) is 16.6. The summed E-state index contributed by atoms with van der Waals surface area (Å²) in [5, 5.41) is 13.8. The van der Waals surface area contributed by atoms with Gasteiger partial charge in [0.1, 0.15) is 22.2 Å². The summed E-state index contributed by atoms with van der Waals surface area (Å²) in [6.45, 7) is 0. The largest absolute Gasteiger partial charge is 0.478 e. The number of carboxylic acids is 1. The topological polar surface area (TPSA) is 79.3 Å². The molecule has 0 bridgehead atoms. The normalized spacial score (nSPS) is 11.0. The molecular weight excluding hydrogens is 442 g/mol. The van der Waals surface area contributed by atoms with Crippen LogP contribution in [-0.4, -0.2) is 22.0 Å². The average Bonchev–Trinajstić information content (AvgIpc) is 3.25. The maximum absolute atomic E-state index is 14.3. The second-order valence-electron chi connectivity index (χ2n) is 5.87. The molecule has 0 saturated carbocycles. The van der Waals surface area contributed by atoms with E-state index in [1.807, 2.05) is 0 Å². The van der Waals surface area contributed by atoms with Crippen molar-refractivity contribution in [2.75, 3.05) is 5.32 Å². The SMILES string of the molecule is O=C(Nc1scc(-c2ccc(Cl)cc2F)c1C(=O)O)c1nc2ccc(F)cc2s1. The molecule has 0 radical (unpaired) electrons. The van der Waals surface area contributed by atoms with E-state index in [1.165, 1.54) is 35.7 Å². The molecule has 146 valence electrons. The van der Waals surface area contributed by atoms with Crippen molar-refractivity contribution in [3.63, 3.8) is 0 Å². The molecule has 0 aliphatic heterocycles. The second-order valence-corrected chi connectivity index (χ2v) is 8.21. The van der Waals surface area contributed by atoms with E-state index in [0.717, 1.165) is 28.7 Å². The Labute approximate surface area is 175 Å². The molecule has 10 heteroatoms. The number of rotatable bonds is 4. The van der Waals surface area contributed by atoms with Crippen molar-refractivity contribution in [3.05, 3.63) is 69.0 Å². The monoisotopic (exact) mass is 450 g/mol. The summed E-state index contributed by atoms with van der Waals surface area (Å²) in [6.07, 6.45) is 0. The molecule has 0 fully saturated rings. The van der Waals surface area contributed by atoms with Gasteiger partial charge in [-0.05, 0) is 36.4 Å². The van der Waals surface area contributed by atoms with E-state index in [1.54, 1.807) is 0 Å². The minimum absolute atomic E-state index is 0.0392. The lowest BCUT2D eigenvalue weighted by Crippen LogP contribution is -2.13. The molecule has 0 aliphatic carbocycles. The van der Waals surface area contributed by atoms with E-state index in [0.29, 0.717) is 10.2 Å². The molecule has 4 rings (SSSR count). The number of benzene rings is 2. The summed E-state index contributed by atoms with van der Waals surface area (Å²) in [7, 11) is 0. The molecule has 0 saturated heterocycles. The number of fused-ring (bicyclic) bond motifs is 1. The van der Waals surface area contributed by atoms with Crippen LogP contribution >= 0.6 is 34.3 Å². The predicted molar refractivity (Wildman–Crippen MR) is 109 cm³/mol. The van der Waals surface area contributed by atoms with Crippen molar-refractivity contribution in [1.29, 1.82) is 0 Å². The number of amides is 1. The lowest BCUT2D eigenvalue weighted by atomic mass is 10.0. The summed E-state index contributed by atoms with van der Waals surface area (Å²) in [4.78, 5) is 28.5. The first kappa shape index (κ1) is 19.4. The third-order valence-corrected chi connectivity index (χ3v) is 6.15. The van der Waals surface area contributed by atoms with Gasteiger partial charge in [-0.2, -0.15) is 0 Å². The fourth-order valence-electron chi connectivity index (χ4n) is 2.72.